The van der Waals surface area contributed by atoms with Crippen LogP contribution < -0.4 is 15.1 Å². The van der Waals surface area contributed by atoms with E-state index in [4.69, 9.17) is 10.5 Å². The summed E-state index contributed by atoms with van der Waals surface area (Å²) in [4.78, 5) is 20.8. The summed E-state index contributed by atoms with van der Waals surface area (Å²) < 4.78 is 6.78. The molecular weight excluding hydrogens is 239 g/mol. The number of aryl methyl sites for hydroxylation is 1. The highest BCUT2D eigenvalue weighted by molar-refractivity contribution is 7.52. The van der Waals surface area contributed by atoms with Gasteiger partial charge in [-0.3, -0.25) is 4.79 Å². The molecule has 1 atom stereocenters. The molecule has 1 unspecified atom stereocenters. The van der Waals surface area contributed by atoms with Gasteiger partial charge in [-0.25, -0.2) is 0 Å². The molecule has 0 aromatic heterocycles. The van der Waals surface area contributed by atoms with Crippen LogP contribution in [-0.2, 0) is 4.79 Å². The lowest BCUT2D eigenvalue weighted by molar-refractivity contribution is -0.116. The molecule has 0 radical (unpaired) electrons. The van der Waals surface area contributed by atoms with Gasteiger partial charge in [0, 0.05) is 0 Å². The predicted octanol–water partition coefficient (Wildman–Crippen LogP) is 1.23. The fourth-order valence-electron chi connectivity index (χ4n) is 1.49. The van der Waals surface area contributed by atoms with Crippen molar-refractivity contribution in [2.75, 3.05) is 25.0 Å². The molecule has 0 spiro atoms. The molecule has 0 saturated heterocycles. The first-order valence-corrected chi connectivity index (χ1v) is 6.78. The number of primary amides is 1. The van der Waals surface area contributed by atoms with Crippen LogP contribution in [0.3, 0.4) is 0 Å². The third kappa shape index (κ3) is 3.58. The predicted molar refractivity (Wildman–Crippen MR) is 69.3 cm³/mol. The Morgan fingerprint density at radius 1 is 1.59 bits per heavy atom. The minimum atomic E-state index is -1.45. The Labute approximate surface area is 102 Å². The Balaban J connectivity index is 3.16. The number of hydrogen-bond donors (Lipinski definition) is 2. The summed E-state index contributed by atoms with van der Waals surface area (Å²) >= 11 is 0. The molecule has 17 heavy (non-hydrogen) atoms. The number of benzene rings is 1. The third-order valence-electron chi connectivity index (χ3n) is 2.27. The van der Waals surface area contributed by atoms with E-state index in [1.165, 1.54) is 0 Å². The molecule has 3 N–H and O–H groups in total. The summed E-state index contributed by atoms with van der Waals surface area (Å²) in [5, 5.41) is 0. The average molecular weight is 256 g/mol. The van der Waals surface area contributed by atoms with Crippen LogP contribution in [0.15, 0.2) is 18.2 Å². The number of carbonyl (C=O) groups is 1. The van der Waals surface area contributed by atoms with Crippen LogP contribution in [0.5, 0.6) is 5.75 Å². The van der Waals surface area contributed by atoms with Crippen LogP contribution in [-0.4, -0.2) is 31.1 Å². The maximum atomic E-state index is 11.0. The van der Waals surface area contributed by atoms with Gasteiger partial charge in [0.25, 0.3) is 0 Å². The van der Waals surface area contributed by atoms with Crippen LogP contribution in [0.25, 0.3) is 0 Å². The molecule has 0 fully saturated rings. The van der Waals surface area contributed by atoms with Crippen molar-refractivity contribution in [3.63, 3.8) is 0 Å². The Bertz CT molecular complexity index is 410. The highest BCUT2D eigenvalue weighted by Gasteiger charge is 2.18. The van der Waals surface area contributed by atoms with E-state index in [0.29, 0.717) is 11.4 Å². The van der Waals surface area contributed by atoms with Crippen molar-refractivity contribution in [2.45, 2.75) is 6.92 Å². The largest absolute Gasteiger partial charge is 0.495 e. The monoisotopic (exact) mass is 256 g/mol. The number of carbonyl (C=O) groups excluding carboxylic acids is 1. The molecule has 5 nitrogen and oxygen atoms in total. The zero-order chi connectivity index (χ0) is 13.0. The second-order valence-electron chi connectivity index (χ2n) is 3.69. The first-order valence-electron chi connectivity index (χ1n) is 5.08. The number of ether oxygens (including phenoxy) is 1. The lowest BCUT2D eigenvalue weighted by Crippen LogP contribution is -2.30. The molecule has 0 aliphatic carbocycles. The van der Waals surface area contributed by atoms with Crippen molar-refractivity contribution in [1.29, 1.82) is 0 Å². The van der Waals surface area contributed by atoms with Gasteiger partial charge >= 0.3 is 0 Å². The quantitative estimate of drug-likeness (QED) is 0.777. The number of methoxy groups -OCH3 is 1. The van der Waals surface area contributed by atoms with E-state index in [9.17, 15) is 9.69 Å². The fourth-order valence-corrected chi connectivity index (χ4v) is 2.30. The number of amides is 1. The average Bonchev–Trinajstić information content (AvgIpc) is 2.25. The van der Waals surface area contributed by atoms with Crippen molar-refractivity contribution in [1.82, 2.24) is 0 Å². The minimum Gasteiger partial charge on any atom is -0.495 e. The summed E-state index contributed by atoms with van der Waals surface area (Å²) in [6, 6.07) is 5.56. The van der Waals surface area contributed by atoms with E-state index in [2.05, 4.69) is 0 Å². The smallest absolute Gasteiger partial charge is 0.237 e. The van der Waals surface area contributed by atoms with Crippen molar-refractivity contribution < 1.29 is 14.4 Å². The molecule has 1 aromatic rings. The Kier molecular flexibility index (Phi) is 4.73. The van der Waals surface area contributed by atoms with Gasteiger partial charge in [0.05, 0.1) is 12.8 Å². The second-order valence-corrected chi connectivity index (χ2v) is 5.15. The van der Waals surface area contributed by atoms with Crippen LogP contribution in [0.1, 0.15) is 5.56 Å². The molecule has 0 aliphatic rings. The van der Waals surface area contributed by atoms with Gasteiger partial charge in [0.2, 0.25) is 5.91 Å². The number of hydrogen-bond acceptors (Lipinski definition) is 4. The van der Waals surface area contributed by atoms with E-state index in [-0.39, 0.29) is 6.54 Å². The van der Waals surface area contributed by atoms with Crippen molar-refractivity contribution in [2.24, 2.45) is 5.73 Å². The zero-order valence-corrected chi connectivity index (χ0v) is 11.1. The molecule has 1 aromatic carbocycles. The van der Waals surface area contributed by atoms with Crippen LogP contribution in [0.2, 0.25) is 0 Å². The molecule has 6 heteroatoms. The second kappa shape index (κ2) is 5.84. The molecule has 0 aliphatic heterocycles. The SMILES string of the molecule is COc1ccc(C)cc1N(CC(N)=O)P(C)O. The highest BCUT2D eigenvalue weighted by Crippen LogP contribution is 2.41. The molecule has 1 amide bonds. The normalized spacial score (nSPS) is 12.0. The Morgan fingerprint density at radius 2 is 2.24 bits per heavy atom. The zero-order valence-electron chi connectivity index (χ0n) is 10.2. The van der Waals surface area contributed by atoms with Crippen LogP contribution >= 0.6 is 8.30 Å². The van der Waals surface area contributed by atoms with Gasteiger partial charge in [-0.05, 0) is 31.3 Å². The first-order chi connectivity index (χ1) is 7.95. The van der Waals surface area contributed by atoms with Gasteiger partial charge in [0.15, 0.2) is 0 Å². The van der Waals surface area contributed by atoms with Crippen LogP contribution in [0, 0.1) is 6.92 Å². The number of rotatable bonds is 5. The van der Waals surface area contributed by atoms with Crippen molar-refractivity contribution in [3.05, 3.63) is 23.8 Å². The van der Waals surface area contributed by atoms with Gasteiger partial charge < -0.3 is 20.0 Å². The lowest BCUT2D eigenvalue weighted by atomic mass is 10.2. The molecule has 0 heterocycles. The maximum absolute atomic E-state index is 11.0. The van der Waals surface area contributed by atoms with Gasteiger partial charge in [-0.2, -0.15) is 0 Å². The first kappa shape index (κ1) is 13.7. The van der Waals surface area contributed by atoms with Crippen LogP contribution in [0.4, 0.5) is 5.69 Å². The number of nitrogens with zero attached hydrogens (tertiary/aromatic N) is 1. The van der Waals surface area contributed by atoms with Gasteiger partial charge in [-0.15, -0.1) is 0 Å². The summed E-state index contributed by atoms with van der Waals surface area (Å²) in [7, 11) is 0.0930. The third-order valence-corrected chi connectivity index (χ3v) is 3.32. The molecule has 0 saturated carbocycles. The number of nitrogens with two attached hydrogens (primary N) is 1. The summed E-state index contributed by atoms with van der Waals surface area (Å²) in [5.74, 6) is 0.122. The Hall–Kier alpha value is -1.32. The van der Waals surface area contributed by atoms with Gasteiger partial charge in [-0.1, -0.05) is 6.07 Å². The minimum absolute atomic E-state index is 0.0292. The standard InChI is InChI=1S/C11H17N2O3P/c1-8-4-5-10(16-2)9(6-8)13(17(3)15)7-11(12)14/h4-6,15H,7H2,1-3H3,(H2,12,14). The van der Waals surface area contributed by atoms with Crippen molar-refractivity contribution in [3.8, 4) is 5.75 Å². The molecule has 1 rings (SSSR count). The van der Waals surface area contributed by atoms with E-state index in [1.54, 1.807) is 24.5 Å². The summed E-state index contributed by atoms with van der Waals surface area (Å²) in [6.45, 7) is 3.54. The maximum Gasteiger partial charge on any atom is 0.237 e. The van der Waals surface area contributed by atoms with E-state index < -0.39 is 14.2 Å². The summed E-state index contributed by atoms with van der Waals surface area (Å²) in [6.07, 6.45) is 0. The van der Waals surface area contributed by atoms with E-state index in [0.717, 1.165) is 5.56 Å². The topological polar surface area (TPSA) is 75.8 Å². The summed E-state index contributed by atoms with van der Waals surface area (Å²) in [5.41, 5.74) is 6.88. The van der Waals surface area contributed by atoms with Gasteiger partial charge in [0.1, 0.15) is 20.6 Å². The van der Waals surface area contributed by atoms with E-state index >= 15 is 0 Å². The molecular formula is C11H17N2O3P. The molecule has 94 valence electrons. The molecule has 0 bridgehead atoms. The highest BCUT2D eigenvalue weighted by atomic mass is 31.2. The Morgan fingerprint density at radius 3 is 2.71 bits per heavy atom. The van der Waals surface area contributed by atoms with E-state index in [1.807, 2.05) is 19.1 Å². The lowest BCUT2D eigenvalue weighted by Gasteiger charge is -2.27. The number of anilines is 1. The van der Waals surface area contributed by atoms with Crippen molar-refractivity contribution >= 4 is 19.9 Å². The fraction of sp³-hybridized carbons (Fsp3) is 0.364.